The molecule has 0 aliphatic carbocycles. The van der Waals surface area contributed by atoms with Crippen LogP contribution >= 0.6 is 0 Å². The molecule has 1 atom stereocenters. The van der Waals surface area contributed by atoms with E-state index in [1.807, 2.05) is 0 Å². The number of hydrogen-bond acceptors (Lipinski definition) is 3. The summed E-state index contributed by atoms with van der Waals surface area (Å²) in [6.45, 7) is 9.03. The van der Waals surface area contributed by atoms with Crippen LogP contribution in [0.1, 0.15) is 175 Å². The van der Waals surface area contributed by atoms with Crippen LogP contribution in [0.25, 0.3) is 0 Å². The third-order valence-corrected chi connectivity index (χ3v) is 7.49. The van der Waals surface area contributed by atoms with Gasteiger partial charge in [0.05, 0.1) is 0 Å². The second-order valence-corrected chi connectivity index (χ2v) is 10.9. The summed E-state index contributed by atoms with van der Waals surface area (Å²) >= 11 is 0. The van der Waals surface area contributed by atoms with Crippen LogP contribution in [0, 0.1) is 0 Å². The summed E-state index contributed by atoms with van der Waals surface area (Å²) in [7, 11) is 0. The normalized spacial score (nSPS) is 12.1. The van der Waals surface area contributed by atoms with Crippen LogP contribution in [0.3, 0.4) is 0 Å². The van der Waals surface area contributed by atoms with Crippen LogP contribution in [-0.4, -0.2) is 30.0 Å². The molecule has 0 N–H and O–H groups in total. The molecule has 0 aromatic heterocycles. The van der Waals surface area contributed by atoms with Gasteiger partial charge in [-0.05, 0) is 45.7 Å². The SMILES string of the molecule is CCCCCCCCCCCCCN(CCCCCCCCCCCCC)C(C)CCC(=O)[O-].[K+]. The van der Waals surface area contributed by atoms with Gasteiger partial charge in [0.25, 0.3) is 0 Å². The number of carboxylic acids is 1. The van der Waals surface area contributed by atoms with Gasteiger partial charge in [-0.1, -0.05) is 142 Å². The molecule has 0 heterocycles. The summed E-state index contributed by atoms with van der Waals surface area (Å²) in [6.07, 6.45) is 31.1. The summed E-state index contributed by atoms with van der Waals surface area (Å²) in [5.41, 5.74) is 0. The zero-order valence-electron chi connectivity index (χ0n) is 24.7. The van der Waals surface area contributed by atoms with Gasteiger partial charge in [-0.3, -0.25) is 0 Å². The molecule has 4 heteroatoms. The van der Waals surface area contributed by atoms with Crippen LogP contribution < -0.4 is 56.5 Å². The van der Waals surface area contributed by atoms with E-state index >= 15 is 0 Å². The molecule has 0 saturated heterocycles. The standard InChI is InChI=1S/C31H63NO2.K/c1-4-6-8-10-12-14-16-18-20-22-24-28-32(30(3)26-27-31(33)34)29-25-23-21-19-17-15-13-11-9-7-5-2;/h30H,4-29H2,1-3H3,(H,33,34);/q;+1/p-1. The number of carboxylic acid groups (broad SMARTS) is 1. The van der Waals surface area contributed by atoms with E-state index in [1.165, 1.54) is 141 Å². The van der Waals surface area contributed by atoms with Gasteiger partial charge in [0.2, 0.25) is 0 Å². The van der Waals surface area contributed by atoms with E-state index in [-0.39, 0.29) is 57.8 Å². The van der Waals surface area contributed by atoms with Crippen LogP contribution in [0.5, 0.6) is 0 Å². The van der Waals surface area contributed by atoms with Crippen molar-refractivity contribution in [2.45, 2.75) is 181 Å². The molecule has 0 aliphatic heterocycles. The van der Waals surface area contributed by atoms with E-state index in [4.69, 9.17) is 0 Å². The number of rotatable bonds is 28. The quantitative estimate of drug-likeness (QED) is 0.0964. The number of nitrogens with zero attached hydrogens (tertiary/aromatic N) is 1. The van der Waals surface area contributed by atoms with Gasteiger partial charge in [0, 0.05) is 12.0 Å². The summed E-state index contributed by atoms with van der Waals surface area (Å²) < 4.78 is 0. The molecule has 0 aromatic carbocycles. The largest absolute Gasteiger partial charge is 1.00 e. The van der Waals surface area contributed by atoms with Crippen LogP contribution in [0.2, 0.25) is 0 Å². The fourth-order valence-corrected chi connectivity index (χ4v) is 5.02. The predicted molar refractivity (Wildman–Crippen MR) is 148 cm³/mol. The fourth-order valence-electron chi connectivity index (χ4n) is 5.02. The van der Waals surface area contributed by atoms with E-state index in [1.54, 1.807) is 0 Å². The Morgan fingerprint density at radius 2 is 0.857 bits per heavy atom. The topological polar surface area (TPSA) is 43.4 Å². The molecule has 0 amide bonds. The Morgan fingerprint density at radius 1 is 0.571 bits per heavy atom. The third-order valence-electron chi connectivity index (χ3n) is 7.49. The summed E-state index contributed by atoms with van der Waals surface area (Å²) in [5.74, 6) is -0.906. The van der Waals surface area contributed by atoms with Gasteiger partial charge in [-0.15, -0.1) is 0 Å². The molecular formula is C31H62KNO2. The van der Waals surface area contributed by atoms with E-state index in [9.17, 15) is 9.90 Å². The van der Waals surface area contributed by atoms with Crippen molar-refractivity contribution in [2.75, 3.05) is 13.1 Å². The van der Waals surface area contributed by atoms with E-state index < -0.39 is 5.97 Å². The van der Waals surface area contributed by atoms with Gasteiger partial charge >= 0.3 is 51.4 Å². The van der Waals surface area contributed by atoms with E-state index in [0.717, 1.165) is 19.5 Å². The monoisotopic (exact) mass is 519 g/mol. The Hall–Kier alpha value is 1.07. The van der Waals surface area contributed by atoms with Crippen molar-refractivity contribution in [1.29, 1.82) is 0 Å². The molecule has 0 spiro atoms. The van der Waals surface area contributed by atoms with Crippen molar-refractivity contribution in [3.8, 4) is 0 Å². The molecule has 35 heavy (non-hydrogen) atoms. The minimum Gasteiger partial charge on any atom is -0.550 e. The Morgan fingerprint density at radius 3 is 1.14 bits per heavy atom. The van der Waals surface area contributed by atoms with E-state index in [0.29, 0.717) is 6.04 Å². The fraction of sp³-hybridized carbons (Fsp3) is 0.968. The van der Waals surface area contributed by atoms with Crippen molar-refractivity contribution < 1.29 is 61.3 Å². The molecule has 0 bridgehead atoms. The zero-order valence-corrected chi connectivity index (χ0v) is 27.8. The first kappa shape index (κ1) is 38.2. The molecule has 0 radical (unpaired) electrons. The number of carbonyl (C=O) groups excluding carboxylic acids is 1. The minimum atomic E-state index is -0.906. The van der Waals surface area contributed by atoms with Crippen molar-refractivity contribution in [3.63, 3.8) is 0 Å². The Kier molecular flexibility index (Phi) is 34.2. The maximum atomic E-state index is 10.9. The van der Waals surface area contributed by atoms with Gasteiger partial charge in [0.15, 0.2) is 0 Å². The van der Waals surface area contributed by atoms with Crippen molar-refractivity contribution in [1.82, 2.24) is 4.90 Å². The Bertz CT molecular complexity index is 393. The van der Waals surface area contributed by atoms with E-state index in [2.05, 4.69) is 25.7 Å². The van der Waals surface area contributed by atoms with Gasteiger partial charge in [-0.2, -0.15) is 0 Å². The Labute approximate surface area is 263 Å². The number of unbranched alkanes of at least 4 members (excludes halogenated alkanes) is 20. The molecule has 0 aromatic rings. The molecule has 1 unspecified atom stereocenters. The van der Waals surface area contributed by atoms with Crippen molar-refractivity contribution >= 4 is 5.97 Å². The predicted octanol–water partition coefficient (Wildman–Crippen LogP) is 5.83. The van der Waals surface area contributed by atoms with Crippen molar-refractivity contribution in [3.05, 3.63) is 0 Å². The van der Waals surface area contributed by atoms with Gasteiger partial charge in [0.1, 0.15) is 0 Å². The maximum absolute atomic E-state index is 10.9. The minimum absolute atomic E-state index is 0. The number of carbonyl (C=O) groups is 1. The first-order valence-electron chi connectivity index (χ1n) is 15.6. The number of hydrogen-bond donors (Lipinski definition) is 0. The van der Waals surface area contributed by atoms with Gasteiger partial charge < -0.3 is 14.8 Å². The van der Waals surface area contributed by atoms with Crippen molar-refractivity contribution in [2.24, 2.45) is 0 Å². The maximum Gasteiger partial charge on any atom is 1.00 e. The summed E-state index contributed by atoms with van der Waals surface area (Å²) in [6, 6.07) is 0.351. The van der Waals surface area contributed by atoms with Crippen LogP contribution in [0.15, 0.2) is 0 Å². The van der Waals surface area contributed by atoms with Crippen LogP contribution in [-0.2, 0) is 4.79 Å². The van der Waals surface area contributed by atoms with Gasteiger partial charge in [-0.25, -0.2) is 0 Å². The summed E-state index contributed by atoms with van der Waals surface area (Å²) in [4.78, 5) is 13.5. The first-order valence-corrected chi connectivity index (χ1v) is 15.6. The molecule has 0 aliphatic rings. The average Bonchev–Trinajstić information content (AvgIpc) is 2.83. The number of aliphatic carboxylic acids is 1. The second kappa shape index (κ2) is 31.3. The molecule has 204 valence electrons. The smallest absolute Gasteiger partial charge is 0.550 e. The third kappa shape index (κ3) is 29.5. The molecule has 0 saturated carbocycles. The molecular weight excluding hydrogens is 457 g/mol. The average molecular weight is 520 g/mol. The molecule has 3 nitrogen and oxygen atoms in total. The second-order valence-electron chi connectivity index (χ2n) is 10.9. The molecule has 0 rings (SSSR count). The van der Waals surface area contributed by atoms with Crippen LogP contribution in [0.4, 0.5) is 0 Å². The molecule has 0 fully saturated rings. The zero-order chi connectivity index (χ0) is 25.1. The Balaban J connectivity index is 0. The summed E-state index contributed by atoms with van der Waals surface area (Å²) in [5, 5.41) is 10.9. The first-order chi connectivity index (χ1) is 16.6.